The molecule has 0 aliphatic carbocycles. The Morgan fingerprint density at radius 1 is 1.67 bits per heavy atom. The van der Waals surface area contributed by atoms with E-state index < -0.39 is 0 Å². The van der Waals surface area contributed by atoms with Crippen LogP contribution in [0, 0.1) is 0 Å². The maximum absolute atomic E-state index is 11.2. The van der Waals surface area contributed by atoms with E-state index in [0.717, 1.165) is 0 Å². The van der Waals surface area contributed by atoms with E-state index >= 15 is 0 Å². The first-order chi connectivity index (χ1) is 5.65. The molecule has 0 unspecified atom stereocenters. The number of aromatic amines is 1. The summed E-state index contributed by atoms with van der Waals surface area (Å²) in [5, 5.41) is 0. The fraction of sp³-hybridized carbons (Fsp3) is 0.429. The van der Waals surface area contributed by atoms with E-state index in [9.17, 15) is 4.79 Å². The lowest BCUT2D eigenvalue weighted by molar-refractivity contribution is 0.929. The molecule has 3 N–H and O–H groups in total. The van der Waals surface area contributed by atoms with Gasteiger partial charge >= 0.3 is 0 Å². The summed E-state index contributed by atoms with van der Waals surface area (Å²) < 4.78 is 0. The summed E-state index contributed by atoms with van der Waals surface area (Å²) in [6.45, 7) is 0.218. The van der Waals surface area contributed by atoms with Crippen LogP contribution in [-0.2, 0) is 6.54 Å². The van der Waals surface area contributed by atoms with Crippen molar-refractivity contribution in [3.63, 3.8) is 0 Å². The Bertz CT molecular complexity index is 317. The van der Waals surface area contributed by atoms with Crippen molar-refractivity contribution >= 4 is 5.95 Å². The molecule has 0 aliphatic rings. The summed E-state index contributed by atoms with van der Waals surface area (Å²) >= 11 is 0. The minimum atomic E-state index is -0.170. The highest BCUT2D eigenvalue weighted by molar-refractivity contribution is 5.26. The van der Waals surface area contributed by atoms with E-state index in [1.165, 1.54) is 6.20 Å². The van der Waals surface area contributed by atoms with E-state index in [2.05, 4.69) is 9.97 Å². The van der Waals surface area contributed by atoms with Gasteiger partial charge in [-0.15, -0.1) is 0 Å². The lowest BCUT2D eigenvalue weighted by Gasteiger charge is -2.09. The van der Waals surface area contributed by atoms with E-state index in [0.29, 0.717) is 11.5 Å². The molecule has 1 rings (SSSR count). The maximum Gasteiger partial charge on any atom is 0.256 e. The quantitative estimate of drug-likeness (QED) is 0.612. The monoisotopic (exact) mass is 168 g/mol. The molecule has 0 aromatic carbocycles. The Kier molecular flexibility index (Phi) is 2.44. The van der Waals surface area contributed by atoms with Crippen LogP contribution >= 0.6 is 0 Å². The number of H-pyrrole nitrogens is 1. The Labute approximate surface area is 70.2 Å². The minimum Gasteiger partial charge on any atom is -0.348 e. The van der Waals surface area contributed by atoms with Crippen molar-refractivity contribution in [2.24, 2.45) is 5.73 Å². The normalized spacial score (nSPS) is 9.92. The van der Waals surface area contributed by atoms with Crippen molar-refractivity contribution in [2.45, 2.75) is 6.54 Å². The van der Waals surface area contributed by atoms with E-state index in [4.69, 9.17) is 5.73 Å². The van der Waals surface area contributed by atoms with E-state index in [1.807, 2.05) is 0 Å². The van der Waals surface area contributed by atoms with Gasteiger partial charge in [-0.05, 0) is 0 Å². The molecule has 0 aliphatic heterocycles. The third kappa shape index (κ3) is 1.62. The molecule has 5 heteroatoms. The molecule has 12 heavy (non-hydrogen) atoms. The zero-order valence-corrected chi connectivity index (χ0v) is 7.16. The topological polar surface area (TPSA) is 75.0 Å². The van der Waals surface area contributed by atoms with E-state index in [1.54, 1.807) is 19.0 Å². The molecular weight excluding hydrogens is 156 g/mol. The highest BCUT2D eigenvalue weighted by atomic mass is 16.1. The number of nitrogens with two attached hydrogens (primary N) is 1. The van der Waals surface area contributed by atoms with Gasteiger partial charge < -0.3 is 10.6 Å². The van der Waals surface area contributed by atoms with Gasteiger partial charge in [0.15, 0.2) is 0 Å². The molecule has 0 saturated heterocycles. The number of nitrogens with zero attached hydrogens (tertiary/aromatic N) is 2. The molecule has 0 radical (unpaired) electrons. The SMILES string of the molecule is CN(C)c1ncc(CN)c(=O)[nH]1. The Hall–Kier alpha value is -1.36. The Morgan fingerprint density at radius 3 is 2.75 bits per heavy atom. The number of rotatable bonds is 2. The van der Waals surface area contributed by atoms with Crippen LogP contribution in [-0.4, -0.2) is 24.1 Å². The molecule has 0 amide bonds. The average Bonchev–Trinajstić information content (AvgIpc) is 2.04. The number of hydrogen-bond acceptors (Lipinski definition) is 4. The van der Waals surface area contributed by atoms with Crippen LogP contribution < -0.4 is 16.2 Å². The van der Waals surface area contributed by atoms with Gasteiger partial charge in [0.1, 0.15) is 0 Å². The van der Waals surface area contributed by atoms with Crippen LogP contribution in [0.3, 0.4) is 0 Å². The fourth-order valence-electron chi connectivity index (χ4n) is 0.784. The third-order valence-electron chi connectivity index (χ3n) is 1.50. The summed E-state index contributed by atoms with van der Waals surface area (Å²) in [4.78, 5) is 19.5. The minimum absolute atomic E-state index is 0.170. The maximum atomic E-state index is 11.2. The number of nitrogens with one attached hydrogen (secondary N) is 1. The van der Waals surface area contributed by atoms with E-state index in [-0.39, 0.29) is 12.1 Å². The van der Waals surface area contributed by atoms with Crippen LogP contribution in [0.5, 0.6) is 0 Å². The van der Waals surface area contributed by atoms with Crippen LogP contribution in [0.1, 0.15) is 5.56 Å². The molecule has 0 spiro atoms. The summed E-state index contributed by atoms with van der Waals surface area (Å²) in [5.41, 5.74) is 5.63. The molecular formula is C7H12N4O. The second-order valence-corrected chi connectivity index (χ2v) is 2.66. The van der Waals surface area contributed by atoms with Crippen LogP contribution in [0.15, 0.2) is 11.0 Å². The lowest BCUT2D eigenvalue weighted by atomic mass is 10.3. The van der Waals surface area contributed by atoms with Crippen molar-refractivity contribution in [1.82, 2.24) is 9.97 Å². The van der Waals surface area contributed by atoms with Crippen LogP contribution in [0.25, 0.3) is 0 Å². The van der Waals surface area contributed by atoms with Gasteiger partial charge in [-0.3, -0.25) is 9.78 Å². The smallest absolute Gasteiger partial charge is 0.256 e. The van der Waals surface area contributed by atoms with Gasteiger partial charge in [0.25, 0.3) is 5.56 Å². The summed E-state index contributed by atoms with van der Waals surface area (Å²) in [6.07, 6.45) is 1.49. The molecule has 1 aromatic rings. The summed E-state index contributed by atoms with van der Waals surface area (Å²) in [7, 11) is 3.61. The number of anilines is 1. The van der Waals surface area contributed by atoms with Gasteiger partial charge in [0.05, 0.1) is 0 Å². The fourth-order valence-corrected chi connectivity index (χ4v) is 0.784. The summed E-state index contributed by atoms with van der Waals surface area (Å²) in [5.74, 6) is 0.539. The number of hydrogen-bond donors (Lipinski definition) is 2. The first-order valence-corrected chi connectivity index (χ1v) is 3.60. The van der Waals surface area contributed by atoms with Crippen molar-refractivity contribution in [2.75, 3.05) is 19.0 Å². The second-order valence-electron chi connectivity index (χ2n) is 2.66. The van der Waals surface area contributed by atoms with Crippen molar-refractivity contribution < 1.29 is 0 Å². The van der Waals surface area contributed by atoms with Crippen molar-refractivity contribution in [3.05, 3.63) is 22.1 Å². The Morgan fingerprint density at radius 2 is 2.33 bits per heavy atom. The van der Waals surface area contributed by atoms with Gasteiger partial charge in [-0.1, -0.05) is 0 Å². The van der Waals surface area contributed by atoms with Crippen molar-refractivity contribution in [1.29, 1.82) is 0 Å². The zero-order valence-electron chi connectivity index (χ0n) is 7.16. The predicted molar refractivity (Wildman–Crippen MR) is 47.1 cm³/mol. The van der Waals surface area contributed by atoms with Gasteiger partial charge in [0, 0.05) is 32.4 Å². The largest absolute Gasteiger partial charge is 0.348 e. The predicted octanol–water partition coefficient (Wildman–Crippen LogP) is -0.705. The molecule has 1 heterocycles. The lowest BCUT2D eigenvalue weighted by Crippen LogP contribution is -2.22. The average molecular weight is 168 g/mol. The first-order valence-electron chi connectivity index (χ1n) is 3.60. The summed E-state index contributed by atoms with van der Waals surface area (Å²) in [6, 6.07) is 0. The molecule has 1 aromatic heterocycles. The van der Waals surface area contributed by atoms with Crippen LogP contribution in [0.2, 0.25) is 0 Å². The zero-order chi connectivity index (χ0) is 9.14. The molecule has 0 bridgehead atoms. The Balaban J connectivity index is 3.11. The highest BCUT2D eigenvalue weighted by Gasteiger charge is 2.00. The molecule has 5 nitrogen and oxygen atoms in total. The third-order valence-corrected chi connectivity index (χ3v) is 1.50. The molecule has 66 valence electrons. The number of aromatic nitrogens is 2. The van der Waals surface area contributed by atoms with Gasteiger partial charge in [0.2, 0.25) is 5.95 Å². The first kappa shape index (κ1) is 8.73. The molecule has 0 atom stereocenters. The van der Waals surface area contributed by atoms with Gasteiger partial charge in [-0.2, -0.15) is 0 Å². The van der Waals surface area contributed by atoms with Gasteiger partial charge in [-0.25, -0.2) is 4.98 Å². The molecule has 0 saturated carbocycles. The standard InChI is InChI=1S/C7H12N4O/c1-11(2)7-9-4-5(3-8)6(12)10-7/h4H,3,8H2,1-2H3,(H,9,10,12). The molecule has 0 fully saturated rings. The van der Waals surface area contributed by atoms with Crippen LogP contribution in [0.4, 0.5) is 5.95 Å². The van der Waals surface area contributed by atoms with Crippen molar-refractivity contribution in [3.8, 4) is 0 Å². The second kappa shape index (κ2) is 3.36. The highest BCUT2D eigenvalue weighted by Crippen LogP contribution is 1.97.